The van der Waals surface area contributed by atoms with E-state index < -0.39 is 16.0 Å². The number of amidine groups is 1. The molecule has 1 N–H and O–H groups in total. The zero-order valence-electron chi connectivity index (χ0n) is 10.8. The summed E-state index contributed by atoms with van der Waals surface area (Å²) in [4.78, 5) is 6.51. The van der Waals surface area contributed by atoms with Gasteiger partial charge in [0.1, 0.15) is 5.84 Å². The normalized spacial score (nSPS) is 28.4. The van der Waals surface area contributed by atoms with Gasteiger partial charge in [-0.05, 0) is 26.3 Å². The minimum atomic E-state index is -3.80. The maximum Gasteiger partial charge on any atom is 0.241 e. The topological polar surface area (TPSA) is 61.8 Å². The Morgan fingerprint density at radius 1 is 1.50 bits per heavy atom. The molecule has 0 amide bonds. The number of rotatable bonds is 3. The molecule has 0 aromatic heterocycles. The third kappa shape index (κ3) is 2.42. The van der Waals surface area contributed by atoms with Gasteiger partial charge in [0, 0.05) is 24.7 Å². The van der Waals surface area contributed by atoms with Gasteiger partial charge in [-0.2, -0.15) is 0 Å². The van der Waals surface area contributed by atoms with Crippen LogP contribution in [0.4, 0.5) is 4.39 Å². The molecule has 102 valence electrons. The first kappa shape index (κ1) is 13.5. The Labute approximate surface area is 107 Å². The van der Waals surface area contributed by atoms with Gasteiger partial charge in [0.25, 0.3) is 0 Å². The van der Waals surface area contributed by atoms with Gasteiger partial charge in [-0.1, -0.05) is 0 Å². The van der Waals surface area contributed by atoms with Crippen LogP contribution in [0.3, 0.4) is 0 Å². The third-order valence-corrected chi connectivity index (χ3v) is 4.49. The molecule has 0 aliphatic carbocycles. The van der Waals surface area contributed by atoms with Crippen LogP contribution in [0.15, 0.2) is 16.3 Å². The second-order valence-corrected chi connectivity index (χ2v) is 6.52. The quantitative estimate of drug-likeness (QED) is 0.836. The maximum absolute atomic E-state index is 12.3. The van der Waals surface area contributed by atoms with Gasteiger partial charge in [-0.15, -0.1) is 0 Å². The van der Waals surface area contributed by atoms with E-state index in [2.05, 4.69) is 9.71 Å². The molecule has 7 heteroatoms. The van der Waals surface area contributed by atoms with Crippen LogP contribution >= 0.6 is 0 Å². The summed E-state index contributed by atoms with van der Waals surface area (Å²) >= 11 is 0. The van der Waals surface area contributed by atoms with E-state index in [1.807, 2.05) is 25.7 Å². The summed E-state index contributed by atoms with van der Waals surface area (Å²) in [6.07, 6.45) is 0.599. The van der Waals surface area contributed by atoms with Gasteiger partial charge in [-0.3, -0.25) is 4.99 Å². The average molecular weight is 275 g/mol. The molecule has 2 heterocycles. The highest BCUT2D eigenvalue weighted by Crippen LogP contribution is 2.31. The van der Waals surface area contributed by atoms with Crippen molar-refractivity contribution in [3.05, 3.63) is 11.3 Å². The van der Waals surface area contributed by atoms with Gasteiger partial charge < -0.3 is 4.90 Å². The van der Waals surface area contributed by atoms with E-state index in [1.165, 1.54) is 0 Å². The van der Waals surface area contributed by atoms with Gasteiger partial charge in [0.2, 0.25) is 16.0 Å². The van der Waals surface area contributed by atoms with Crippen molar-refractivity contribution in [1.82, 2.24) is 9.62 Å². The first-order chi connectivity index (χ1) is 8.34. The number of sulfonamides is 1. The van der Waals surface area contributed by atoms with Crippen molar-refractivity contribution in [3.8, 4) is 0 Å². The Balaban J connectivity index is 2.19. The smallest absolute Gasteiger partial charge is 0.241 e. The molecular weight excluding hydrogens is 257 g/mol. The van der Waals surface area contributed by atoms with E-state index in [0.29, 0.717) is 13.0 Å². The molecule has 1 fully saturated rings. The highest BCUT2D eigenvalue weighted by atomic mass is 32.2. The summed E-state index contributed by atoms with van der Waals surface area (Å²) in [5.74, 6) is 0.894. The molecule has 5 nitrogen and oxygen atoms in total. The molecule has 18 heavy (non-hydrogen) atoms. The van der Waals surface area contributed by atoms with E-state index in [-0.39, 0.29) is 12.1 Å². The molecule has 0 spiro atoms. The molecule has 0 aromatic rings. The lowest BCUT2D eigenvalue weighted by Crippen LogP contribution is -2.39. The highest BCUT2D eigenvalue weighted by molar-refractivity contribution is 7.89. The number of aliphatic imine (C=N–C) groups is 1. The second-order valence-electron chi connectivity index (χ2n) is 4.84. The second kappa shape index (κ2) is 4.62. The minimum absolute atomic E-state index is 0.132. The van der Waals surface area contributed by atoms with Crippen LogP contribution in [-0.4, -0.2) is 43.8 Å². The van der Waals surface area contributed by atoms with Gasteiger partial charge >= 0.3 is 0 Å². The summed E-state index contributed by atoms with van der Waals surface area (Å²) in [6.45, 7) is 6.46. The molecule has 2 aliphatic rings. The molecule has 0 aromatic carbocycles. The summed E-state index contributed by atoms with van der Waals surface area (Å²) in [5, 5.41) is 0. The Morgan fingerprint density at radius 2 is 2.17 bits per heavy atom. The number of hydrogen-bond acceptors (Lipinski definition) is 4. The number of nitrogens with one attached hydrogen (secondary N) is 1. The van der Waals surface area contributed by atoms with Crippen molar-refractivity contribution >= 4 is 15.9 Å². The molecule has 0 saturated carbocycles. The van der Waals surface area contributed by atoms with Gasteiger partial charge in [0.05, 0.1) is 6.04 Å². The molecule has 2 atom stereocenters. The zero-order valence-corrected chi connectivity index (χ0v) is 11.6. The molecule has 2 rings (SSSR count). The molecular formula is C11H18FN3O2S. The summed E-state index contributed by atoms with van der Waals surface area (Å²) in [5.41, 5.74) is 2.27. The lowest BCUT2D eigenvalue weighted by atomic mass is 10.0. The van der Waals surface area contributed by atoms with Crippen LogP contribution in [0.1, 0.15) is 27.2 Å². The predicted molar refractivity (Wildman–Crippen MR) is 68.4 cm³/mol. The SMILES string of the molecule is CC1=N[C@@H](C)C(C)=C2CC(NS(=O)(=O)CF)CN12. The Bertz CT molecular complexity index is 512. The lowest BCUT2D eigenvalue weighted by Gasteiger charge is -2.28. The summed E-state index contributed by atoms with van der Waals surface area (Å²) < 4.78 is 37.2. The van der Waals surface area contributed by atoms with Gasteiger partial charge in [0.15, 0.2) is 0 Å². The fourth-order valence-corrected chi connectivity index (χ4v) is 3.22. The molecule has 2 aliphatic heterocycles. The average Bonchev–Trinajstić information content (AvgIpc) is 2.70. The number of fused-ring (bicyclic) bond motifs is 1. The number of hydrogen-bond donors (Lipinski definition) is 1. The monoisotopic (exact) mass is 275 g/mol. The Hall–Kier alpha value is -0.950. The van der Waals surface area contributed by atoms with E-state index in [0.717, 1.165) is 17.1 Å². The third-order valence-electron chi connectivity index (χ3n) is 3.51. The number of nitrogens with zero attached hydrogens (tertiary/aromatic N) is 2. The Kier molecular flexibility index (Phi) is 3.46. The van der Waals surface area contributed by atoms with E-state index in [1.54, 1.807) is 0 Å². The van der Waals surface area contributed by atoms with Crippen molar-refractivity contribution in [1.29, 1.82) is 0 Å². The van der Waals surface area contributed by atoms with Crippen molar-refractivity contribution in [2.24, 2.45) is 4.99 Å². The van der Waals surface area contributed by atoms with Crippen LogP contribution in [0.5, 0.6) is 0 Å². The molecule has 0 bridgehead atoms. The first-order valence-corrected chi connectivity index (χ1v) is 7.57. The largest absolute Gasteiger partial charge is 0.332 e. The summed E-state index contributed by atoms with van der Waals surface area (Å²) in [6, 6.07) is -1.51. The molecule has 0 radical (unpaired) electrons. The minimum Gasteiger partial charge on any atom is -0.332 e. The summed E-state index contributed by atoms with van der Waals surface area (Å²) in [7, 11) is -3.80. The predicted octanol–water partition coefficient (Wildman–Crippen LogP) is 1.00. The van der Waals surface area contributed by atoms with Crippen LogP contribution < -0.4 is 4.72 Å². The van der Waals surface area contributed by atoms with E-state index >= 15 is 0 Å². The van der Waals surface area contributed by atoms with Crippen LogP contribution in [0, 0.1) is 0 Å². The molecule has 1 unspecified atom stereocenters. The van der Waals surface area contributed by atoms with Crippen molar-refractivity contribution in [3.63, 3.8) is 0 Å². The zero-order chi connectivity index (χ0) is 13.5. The first-order valence-electron chi connectivity index (χ1n) is 5.91. The number of halogens is 1. The van der Waals surface area contributed by atoms with Crippen LogP contribution in [-0.2, 0) is 10.0 Å². The van der Waals surface area contributed by atoms with Crippen LogP contribution in [0.2, 0.25) is 0 Å². The number of alkyl halides is 1. The van der Waals surface area contributed by atoms with Gasteiger partial charge in [-0.25, -0.2) is 17.5 Å². The van der Waals surface area contributed by atoms with Crippen molar-refractivity contribution in [2.45, 2.75) is 39.3 Å². The molecule has 1 saturated heterocycles. The fourth-order valence-electron chi connectivity index (χ4n) is 2.49. The Morgan fingerprint density at radius 3 is 2.78 bits per heavy atom. The van der Waals surface area contributed by atoms with Crippen LogP contribution in [0.25, 0.3) is 0 Å². The maximum atomic E-state index is 12.3. The highest BCUT2D eigenvalue weighted by Gasteiger charge is 2.34. The lowest BCUT2D eigenvalue weighted by molar-refractivity contribution is 0.492. The standard InChI is InChI=1S/C11H18FN3O2S/c1-7-8(2)13-9(3)15-5-10(4-11(7)15)14-18(16,17)6-12/h8,10,14H,4-6H2,1-3H3/t8-,10?/m0/s1. The van der Waals surface area contributed by atoms with E-state index in [4.69, 9.17) is 0 Å². The van der Waals surface area contributed by atoms with Crippen molar-refractivity contribution in [2.75, 3.05) is 12.6 Å². The van der Waals surface area contributed by atoms with E-state index in [9.17, 15) is 12.8 Å². The fraction of sp³-hybridized carbons (Fsp3) is 0.727. The van der Waals surface area contributed by atoms with Crippen molar-refractivity contribution < 1.29 is 12.8 Å².